The van der Waals surface area contributed by atoms with E-state index in [1.165, 1.54) is 25.3 Å². The number of thiocarbonyl (C=S) groups is 2. The van der Waals surface area contributed by atoms with Crippen LogP contribution in [0.5, 0.6) is 5.75 Å². The molecule has 3 rings (SSSR count). The summed E-state index contributed by atoms with van der Waals surface area (Å²) >= 11 is 7.74. The van der Waals surface area contributed by atoms with Gasteiger partial charge < -0.3 is 36.3 Å². The van der Waals surface area contributed by atoms with Crippen molar-refractivity contribution in [2.24, 2.45) is 16.6 Å². The fourth-order valence-electron chi connectivity index (χ4n) is 2.52. The number of ether oxygens (including phenoxy) is 1. The molecular weight excluding hydrogens is 523 g/mol. The number of nitrogens with zero attached hydrogens (tertiary/aromatic N) is 1. The average Bonchev–Trinajstić information content (AvgIpc) is 3.08. The predicted molar refractivity (Wildman–Crippen MR) is 139 cm³/mol. The zero-order valence-electron chi connectivity index (χ0n) is 17.9. The molecule has 194 valence electrons. The Morgan fingerprint density at radius 1 is 1.11 bits per heavy atom. The lowest BCUT2D eigenvalue weighted by molar-refractivity contribution is 0.386. The molecule has 0 aliphatic rings. The molecule has 0 saturated carbocycles. The van der Waals surface area contributed by atoms with Crippen LogP contribution in [0.4, 0.5) is 4.39 Å². The van der Waals surface area contributed by atoms with Crippen molar-refractivity contribution in [1.29, 1.82) is 0 Å². The highest BCUT2D eigenvalue weighted by Gasteiger charge is 2.22. The Labute approximate surface area is 212 Å². The van der Waals surface area contributed by atoms with Gasteiger partial charge in [-0.3, -0.25) is 0 Å². The van der Waals surface area contributed by atoms with E-state index in [4.69, 9.17) is 24.5 Å². The Hall–Kier alpha value is -3.37. The normalized spacial score (nSPS) is 9.60. The average molecular weight is 551 g/mol. The summed E-state index contributed by atoms with van der Waals surface area (Å²) in [6.07, 6.45) is 0. The van der Waals surface area contributed by atoms with Crippen LogP contribution < -0.4 is 21.3 Å². The van der Waals surface area contributed by atoms with Crippen molar-refractivity contribution in [1.82, 2.24) is 4.98 Å². The van der Waals surface area contributed by atoms with Gasteiger partial charge in [0.2, 0.25) is 10.0 Å². The monoisotopic (exact) mass is 550 g/mol. The maximum absolute atomic E-state index is 14.0. The van der Waals surface area contributed by atoms with Crippen LogP contribution in [0, 0.1) is 12.7 Å². The summed E-state index contributed by atoms with van der Waals surface area (Å²) in [6, 6.07) is 10.5. The van der Waals surface area contributed by atoms with Crippen molar-refractivity contribution >= 4 is 44.8 Å². The number of rotatable bonds is 4. The molecule has 10 N–H and O–H groups in total. The van der Waals surface area contributed by atoms with Gasteiger partial charge in [-0.2, -0.15) is 0 Å². The van der Waals surface area contributed by atoms with E-state index in [0.29, 0.717) is 17.1 Å². The first-order valence-corrected chi connectivity index (χ1v) is 11.0. The summed E-state index contributed by atoms with van der Waals surface area (Å²) < 4.78 is 48.3. The highest BCUT2D eigenvalue weighted by molar-refractivity contribution is 7.89. The van der Waals surface area contributed by atoms with Crippen LogP contribution in [0.25, 0.3) is 22.6 Å². The molecule has 0 atom stereocenters. The molecule has 1 aromatic heterocycles. The zero-order valence-corrected chi connectivity index (χ0v) is 20.3. The van der Waals surface area contributed by atoms with Crippen LogP contribution in [-0.2, 0) is 10.0 Å². The fourth-order valence-corrected chi connectivity index (χ4v) is 3.26. The molecule has 11 nitrogen and oxygen atoms in total. The highest BCUT2D eigenvalue weighted by Crippen LogP contribution is 2.36. The summed E-state index contributed by atoms with van der Waals surface area (Å²) in [7, 11) is -2.60. The van der Waals surface area contributed by atoms with Gasteiger partial charge in [0.15, 0.2) is 23.2 Å². The molecule has 0 radical (unpaired) electrons. The minimum Gasteiger partial charge on any atom is -0.494 e. The number of oxazole rings is 1. The smallest absolute Gasteiger partial charge is 0.251 e. The molecule has 0 aliphatic heterocycles. The van der Waals surface area contributed by atoms with Crippen LogP contribution in [0.15, 0.2) is 51.8 Å². The Morgan fingerprint density at radius 2 is 1.63 bits per heavy atom. The number of sulfonamides is 1. The maximum Gasteiger partial charge on any atom is 0.251 e. The van der Waals surface area contributed by atoms with E-state index < -0.39 is 26.2 Å². The third-order valence-electron chi connectivity index (χ3n) is 3.60. The van der Waals surface area contributed by atoms with Gasteiger partial charge in [0.05, 0.1) is 12.0 Å². The molecule has 35 heavy (non-hydrogen) atoms. The Bertz CT molecular complexity index is 1230. The molecule has 15 heteroatoms. The van der Waals surface area contributed by atoms with Crippen molar-refractivity contribution in [2.45, 2.75) is 19.2 Å². The van der Waals surface area contributed by atoms with Gasteiger partial charge in [-0.25, -0.2) is 22.9 Å². The van der Waals surface area contributed by atoms with Crippen molar-refractivity contribution in [2.75, 3.05) is 7.11 Å². The van der Waals surface area contributed by atoms with E-state index in [0.717, 1.165) is 0 Å². The first-order chi connectivity index (χ1) is 15.3. The number of primary sulfonamides is 1. The second-order valence-corrected chi connectivity index (χ2v) is 8.34. The molecular formula is C20H27FN4O7S3. The highest BCUT2D eigenvalue weighted by atomic mass is 32.2. The lowest BCUT2D eigenvalue weighted by Gasteiger charge is -2.08. The van der Waals surface area contributed by atoms with Crippen LogP contribution in [0.3, 0.4) is 0 Å². The Kier molecular flexibility index (Phi) is 14.3. The number of aromatic nitrogens is 1. The van der Waals surface area contributed by atoms with E-state index in [2.05, 4.69) is 40.9 Å². The number of aliphatic hydroxyl groups excluding tert-OH is 2. The minimum atomic E-state index is -3.97. The number of aryl methyl sites for hydroxylation is 1. The standard InChI is InChI=1S/C17H15FN2O4S.2CH3NOS.CH4.H2O/c1-10-20-16(11-7-8-14(23-2)13(18)9-11)17(24-10)12-5-3-4-6-15(12)25(19,21)22;2*2-1(3)4;;/h3-9H,1-2H3,(H2,19,21,22);2*(H3,2,3,4);1H4;1H2. The summed E-state index contributed by atoms with van der Waals surface area (Å²) in [5, 5.41) is 19.4. The van der Waals surface area contributed by atoms with E-state index in [-0.39, 0.29) is 34.9 Å². The van der Waals surface area contributed by atoms with E-state index in [1.807, 2.05) is 0 Å². The van der Waals surface area contributed by atoms with Gasteiger partial charge in [-0.15, -0.1) is 0 Å². The fraction of sp³-hybridized carbons (Fsp3) is 0.150. The number of benzene rings is 2. The number of halogens is 1. The minimum absolute atomic E-state index is 0. The Morgan fingerprint density at radius 3 is 2.09 bits per heavy atom. The molecule has 0 amide bonds. The first-order valence-electron chi connectivity index (χ1n) is 8.68. The predicted octanol–water partition coefficient (Wildman–Crippen LogP) is 2.50. The third kappa shape index (κ3) is 10.6. The maximum atomic E-state index is 14.0. The summed E-state index contributed by atoms with van der Waals surface area (Å²) in [6.45, 7) is 1.62. The second-order valence-electron chi connectivity index (χ2n) is 5.98. The largest absolute Gasteiger partial charge is 0.494 e. The van der Waals surface area contributed by atoms with Crippen LogP contribution >= 0.6 is 24.4 Å². The number of nitrogens with two attached hydrogens (primary N) is 3. The van der Waals surface area contributed by atoms with Crippen LogP contribution in [-0.4, -0.2) is 46.5 Å². The van der Waals surface area contributed by atoms with Crippen LogP contribution in [0.1, 0.15) is 13.3 Å². The SMILES string of the molecule is C.COc1ccc(-c2nc(C)oc2-c2ccccc2S(N)(=O)=O)cc1F.NC(O)=S.NC(O)=S.O. The number of hydrogen-bond acceptors (Lipinski definition) is 7. The molecule has 0 unspecified atom stereocenters. The van der Waals surface area contributed by atoms with Gasteiger partial charge in [0.1, 0.15) is 5.69 Å². The first kappa shape index (κ1) is 33.8. The summed E-state index contributed by atoms with van der Waals surface area (Å²) in [4.78, 5) is 4.17. The van der Waals surface area contributed by atoms with E-state index in [1.54, 1.807) is 31.2 Å². The molecule has 1 heterocycles. The topological polar surface area (TPSA) is 219 Å². The molecule has 0 fully saturated rings. The van der Waals surface area contributed by atoms with Crippen molar-refractivity contribution in [3.8, 4) is 28.3 Å². The van der Waals surface area contributed by atoms with Crippen molar-refractivity contribution < 1.29 is 37.7 Å². The Balaban J connectivity index is 0. The molecule has 0 saturated heterocycles. The van der Waals surface area contributed by atoms with Crippen molar-refractivity contribution in [3.63, 3.8) is 0 Å². The van der Waals surface area contributed by atoms with Gasteiger partial charge in [0, 0.05) is 18.1 Å². The summed E-state index contributed by atoms with van der Waals surface area (Å²) in [5.41, 5.74) is 9.80. The quantitative estimate of drug-likeness (QED) is 0.297. The van der Waals surface area contributed by atoms with Gasteiger partial charge >= 0.3 is 0 Å². The third-order valence-corrected chi connectivity index (χ3v) is 4.57. The molecule has 3 aromatic rings. The van der Waals surface area contributed by atoms with E-state index >= 15 is 0 Å². The zero-order chi connectivity index (χ0) is 25.3. The van der Waals surface area contributed by atoms with E-state index in [9.17, 15) is 12.8 Å². The molecule has 0 bridgehead atoms. The summed E-state index contributed by atoms with van der Waals surface area (Å²) in [5.74, 6) is 0.0407. The molecule has 2 aromatic carbocycles. The number of methoxy groups -OCH3 is 1. The molecule has 0 aliphatic carbocycles. The lowest BCUT2D eigenvalue weighted by Crippen LogP contribution is -2.13. The van der Waals surface area contributed by atoms with Gasteiger partial charge in [0.25, 0.3) is 10.3 Å². The number of hydrogen-bond donors (Lipinski definition) is 5. The van der Waals surface area contributed by atoms with Gasteiger partial charge in [-0.05, 0) is 54.8 Å². The lowest BCUT2D eigenvalue weighted by atomic mass is 10.1. The van der Waals surface area contributed by atoms with Crippen LogP contribution in [0.2, 0.25) is 0 Å². The van der Waals surface area contributed by atoms with Crippen molar-refractivity contribution in [3.05, 3.63) is 54.2 Å². The number of aliphatic hydroxyl groups is 2. The second kappa shape index (κ2) is 14.8. The molecule has 0 spiro atoms. The van der Waals surface area contributed by atoms with Gasteiger partial charge in [-0.1, -0.05) is 19.6 Å².